The van der Waals surface area contributed by atoms with Gasteiger partial charge in [0.1, 0.15) is 44.8 Å². The van der Waals surface area contributed by atoms with Crippen molar-refractivity contribution in [2.45, 2.75) is 71.8 Å². The lowest BCUT2D eigenvalue weighted by molar-refractivity contribution is -0.462. The number of carboxylic acid groups (broad SMARTS) is 1. The molecule has 0 spiro atoms. The molecule has 0 bridgehead atoms. The smallest absolute Gasteiger partial charge is 0.339 e. The van der Waals surface area contributed by atoms with Gasteiger partial charge in [-0.25, -0.2) is 22.5 Å². The number of fused-ring (bicyclic) bond motifs is 2. The molecule has 1 N–H and O–H groups in total. The van der Waals surface area contributed by atoms with E-state index in [9.17, 15) is 19.5 Å². The Morgan fingerprint density at radius 2 is 1.43 bits per heavy atom. The number of allylic oxidation sites excluding steroid dienone is 5. The lowest BCUT2D eigenvalue weighted by Gasteiger charge is -2.38. The van der Waals surface area contributed by atoms with Gasteiger partial charge in [-0.15, -0.1) is 0 Å². The van der Waals surface area contributed by atoms with Crippen molar-refractivity contribution in [2.75, 3.05) is 33.1 Å². The number of esters is 2. The van der Waals surface area contributed by atoms with Crippen molar-refractivity contribution in [1.29, 1.82) is 0 Å². The van der Waals surface area contributed by atoms with Crippen molar-refractivity contribution in [3.05, 3.63) is 86.9 Å². The van der Waals surface area contributed by atoms with Gasteiger partial charge in [0.05, 0.1) is 5.56 Å². The Morgan fingerprint density at radius 3 is 1.90 bits per heavy atom. The molecular weight excluding hydrogens is 653 g/mol. The number of hydrogen-bond donors (Lipinski definition) is 1. The van der Waals surface area contributed by atoms with Crippen LogP contribution in [0.3, 0.4) is 0 Å². The molecule has 4 rings (SSSR count). The van der Waals surface area contributed by atoms with Gasteiger partial charge in [0.15, 0.2) is 23.3 Å². The fourth-order valence-corrected chi connectivity index (χ4v) is 9.14. The van der Waals surface area contributed by atoms with Crippen LogP contribution in [0.15, 0.2) is 47.2 Å². The average Bonchev–Trinajstić information content (AvgIpc) is 2.95. The normalized spacial score (nSPS) is 15.4. The average molecular weight is 698 g/mol. The van der Waals surface area contributed by atoms with Crippen LogP contribution in [-0.4, -0.2) is 80.8 Å². The summed E-state index contributed by atoms with van der Waals surface area (Å²) in [5.41, 5.74) is -3.29. The van der Waals surface area contributed by atoms with Gasteiger partial charge in [-0.05, 0) is 86.8 Å². The zero-order valence-corrected chi connectivity index (χ0v) is 31.1. The number of carbonyl (C=O) groups is 3. The van der Waals surface area contributed by atoms with Crippen LogP contribution in [0, 0.1) is 17.5 Å². The number of carboxylic acids is 1. The maximum Gasteiger partial charge on any atom is 0.339 e. The Labute approximate surface area is 286 Å². The number of hydrogen-bond acceptors (Lipinski definition) is 6. The molecule has 1 heterocycles. The summed E-state index contributed by atoms with van der Waals surface area (Å²) in [7, 11) is 4.81. The number of halogens is 3. The number of rotatable bonds is 6. The van der Waals surface area contributed by atoms with E-state index in [1.165, 1.54) is 41.5 Å². The van der Waals surface area contributed by atoms with E-state index in [1.807, 2.05) is 49.8 Å². The topological polar surface area (TPSA) is 96.1 Å². The number of ether oxygens (including phenoxy) is 2. The van der Waals surface area contributed by atoms with Crippen molar-refractivity contribution in [2.24, 2.45) is 0 Å². The molecule has 0 radical (unpaired) electrons. The molecule has 0 fully saturated rings. The first-order valence-electron chi connectivity index (χ1n) is 15.8. The van der Waals surface area contributed by atoms with E-state index in [0.29, 0.717) is 11.1 Å². The highest BCUT2D eigenvalue weighted by molar-refractivity contribution is 6.98. The third-order valence-corrected chi connectivity index (χ3v) is 11.8. The second-order valence-corrected chi connectivity index (χ2v) is 19.5. The molecule has 2 aromatic carbocycles. The van der Waals surface area contributed by atoms with Crippen LogP contribution in [0.25, 0.3) is 5.57 Å². The Bertz CT molecular complexity index is 1880. The van der Waals surface area contributed by atoms with E-state index in [2.05, 4.69) is 13.1 Å². The van der Waals surface area contributed by atoms with E-state index in [-0.39, 0.29) is 5.57 Å². The number of benzene rings is 2. The summed E-state index contributed by atoms with van der Waals surface area (Å²) in [6.07, 6.45) is 5.42. The molecular formula is C37H44F3N2O6Si+. The minimum Gasteiger partial charge on any atom is -0.478 e. The first kappa shape index (κ1) is 37.4. The van der Waals surface area contributed by atoms with Gasteiger partial charge in [-0.2, -0.15) is 0 Å². The van der Waals surface area contributed by atoms with Gasteiger partial charge in [0.25, 0.3) is 0 Å². The highest BCUT2D eigenvalue weighted by Gasteiger charge is 2.46. The van der Waals surface area contributed by atoms with E-state index in [4.69, 9.17) is 9.47 Å². The standard InChI is InChI=1S/C37H43F3N2O6Si/c1-36(2,3)47-34(45)29(35(46)48-37(4,5)6)27-30(38)26(28(33(43)44)32(40)31(27)39)25-21-15-13-19(41(7)8)17-23(21)49(11,12)24-18-20(42(9)10)14-16-22(24)25/h13-18,29H,1-12H3/p+1. The molecule has 0 atom stereocenters. The summed E-state index contributed by atoms with van der Waals surface area (Å²) >= 11 is 0. The molecule has 0 amide bonds. The summed E-state index contributed by atoms with van der Waals surface area (Å²) in [5, 5.41) is 11.9. The van der Waals surface area contributed by atoms with Crippen LogP contribution in [-0.2, 0) is 19.1 Å². The van der Waals surface area contributed by atoms with Crippen LogP contribution in [0.1, 0.15) is 74.5 Å². The summed E-state index contributed by atoms with van der Waals surface area (Å²) in [6.45, 7) is 13.2. The maximum absolute atomic E-state index is 17.4. The summed E-state index contributed by atoms with van der Waals surface area (Å²) < 4.78 is 62.5. The minimum absolute atomic E-state index is 0.00499. The second kappa shape index (κ2) is 12.8. The molecule has 8 nitrogen and oxygen atoms in total. The molecule has 49 heavy (non-hydrogen) atoms. The van der Waals surface area contributed by atoms with Crippen LogP contribution < -0.4 is 10.1 Å². The van der Waals surface area contributed by atoms with Gasteiger partial charge < -0.3 is 19.5 Å². The highest BCUT2D eigenvalue weighted by atomic mass is 28.3. The molecule has 0 saturated heterocycles. The number of carbonyl (C=O) groups excluding carboxylic acids is 2. The molecule has 1 aliphatic heterocycles. The Balaban J connectivity index is 2.24. The van der Waals surface area contributed by atoms with Crippen LogP contribution in [0.5, 0.6) is 0 Å². The Kier molecular flexibility index (Phi) is 9.74. The van der Waals surface area contributed by atoms with Gasteiger partial charge in [-0.3, -0.25) is 9.59 Å². The number of anilines is 1. The first-order valence-corrected chi connectivity index (χ1v) is 18.8. The zero-order chi connectivity index (χ0) is 37.1. The summed E-state index contributed by atoms with van der Waals surface area (Å²) in [6, 6.07) is 5.42. The number of aromatic carboxylic acids is 1. The second-order valence-electron chi connectivity index (χ2n) is 15.2. The SMILES string of the molecule is CN(C)c1ccc2c(c1)[Si](C)(C)C1=CC(=[N+](C)C)C=CC1=C2c1c(F)c(C(C(=O)OC(C)(C)C)C(=O)OC(C)(C)C)c(F)c(F)c1C(=O)O. The predicted molar refractivity (Wildman–Crippen MR) is 186 cm³/mol. The third kappa shape index (κ3) is 7.01. The molecule has 0 unspecified atom stereocenters. The Morgan fingerprint density at radius 1 is 0.878 bits per heavy atom. The van der Waals surface area contributed by atoms with Gasteiger partial charge in [-0.1, -0.05) is 19.2 Å². The van der Waals surface area contributed by atoms with E-state index >= 15 is 13.2 Å². The van der Waals surface area contributed by atoms with Crippen molar-refractivity contribution in [1.82, 2.24) is 0 Å². The third-order valence-electron chi connectivity index (χ3n) is 8.32. The van der Waals surface area contributed by atoms with Crippen LogP contribution in [0.2, 0.25) is 13.1 Å². The van der Waals surface area contributed by atoms with E-state index in [0.717, 1.165) is 21.8 Å². The first-order chi connectivity index (χ1) is 22.4. The van der Waals surface area contributed by atoms with E-state index < -0.39 is 77.2 Å². The van der Waals surface area contributed by atoms with Gasteiger partial charge in [0, 0.05) is 37.5 Å². The highest BCUT2D eigenvalue weighted by Crippen LogP contribution is 2.46. The number of nitrogens with zero attached hydrogens (tertiary/aromatic N) is 2. The predicted octanol–water partition coefficient (Wildman–Crippen LogP) is 6.11. The minimum atomic E-state index is -2.63. The van der Waals surface area contributed by atoms with Gasteiger partial charge in [0.2, 0.25) is 0 Å². The molecule has 12 heteroatoms. The van der Waals surface area contributed by atoms with Crippen LogP contribution in [0.4, 0.5) is 18.9 Å². The van der Waals surface area contributed by atoms with E-state index in [1.54, 1.807) is 24.3 Å². The largest absolute Gasteiger partial charge is 0.478 e. The molecule has 1 aliphatic carbocycles. The lowest BCUT2D eigenvalue weighted by atomic mass is 9.83. The molecule has 2 aromatic rings. The Hall–Kier alpha value is -4.45. The summed E-state index contributed by atoms with van der Waals surface area (Å²) in [5.74, 6) is -12.6. The van der Waals surface area contributed by atoms with Gasteiger partial charge >= 0.3 is 17.9 Å². The lowest BCUT2D eigenvalue weighted by Crippen LogP contribution is -2.50. The van der Waals surface area contributed by atoms with Crippen molar-refractivity contribution < 1.29 is 46.7 Å². The fourth-order valence-electron chi connectivity index (χ4n) is 6.07. The van der Waals surface area contributed by atoms with Crippen LogP contribution >= 0.6 is 0 Å². The molecule has 2 aliphatic rings. The quantitative estimate of drug-likeness (QED) is 0.128. The maximum atomic E-state index is 17.4. The zero-order valence-electron chi connectivity index (χ0n) is 30.1. The fraction of sp³-hybridized carbons (Fsp3) is 0.405. The monoisotopic (exact) mass is 697 g/mol. The van der Waals surface area contributed by atoms with Crippen molar-refractivity contribution in [3.8, 4) is 0 Å². The summed E-state index contributed by atoms with van der Waals surface area (Å²) in [4.78, 5) is 41.8. The van der Waals surface area contributed by atoms with Crippen molar-refractivity contribution in [3.63, 3.8) is 0 Å². The van der Waals surface area contributed by atoms with Crippen molar-refractivity contribution >= 4 is 48.1 Å². The molecule has 0 saturated carbocycles. The molecule has 262 valence electrons. The molecule has 0 aromatic heterocycles.